The van der Waals surface area contributed by atoms with Gasteiger partial charge >= 0.3 is 0 Å². The molecule has 0 aromatic heterocycles. The first kappa shape index (κ1) is 20.2. The van der Waals surface area contributed by atoms with Crippen LogP contribution in [0.4, 0.5) is 0 Å². The second kappa shape index (κ2) is 12.5. The number of aliphatic hydroxyl groups excluding tert-OH is 1. The Morgan fingerprint density at radius 3 is 1.70 bits per heavy atom. The highest BCUT2D eigenvalue weighted by atomic mass is 16.2. The molecule has 0 saturated heterocycles. The van der Waals surface area contributed by atoms with Crippen molar-refractivity contribution in [1.82, 2.24) is 0 Å². The van der Waals surface area contributed by atoms with E-state index in [1.54, 1.807) is 0 Å². The molecule has 1 aromatic rings. The van der Waals surface area contributed by atoms with Gasteiger partial charge in [-0.3, -0.25) is 0 Å². The second-order valence-corrected chi connectivity index (χ2v) is 7.56. The van der Waals surface area contributed by atoms with Crippen LogP contribution in [0.1, 0.15) is 69.8 Å². The lowest BCUT2D eigenvalue weighted by atomic mass is 10.1. The highest BCUT2D eigenvalue weighted by Gasteiger charge is 2.14. The molecule has 0 radical (unpaired) electrons. The maximum absolute atomic E-state index is 8.73. The number of hydrogen-bond acceptors (Lipinski definition) is 1. The Labute approximate surface area is 144 Å². The number of aliphatic hydroxyl groups is 1. The molecule has 0 fully saturated rings. The number of benzene rings is 1. The Hall–Kier alpha value is -0.860. The quantitative estimate of drug-likeness (QED) is 0.371. The summed E-state index contributed by atoms with van der Waals surface area (Å²) in [6.07, 6.45) is 13.1. The Morgan fingerprint density at radius 2 is 1.17 bits per heavy atom. The average molecular weight is 321 g/mol. The van der Waals surface area contributed by atoms with Gasteiger partial charge in [0.2, 0.25) is 0 Å². The smallest absolute Gasteiger partial charge is 0.104 e. The standard InChI is InChI=1S/C21H38NO/c1-22(2,20-21-16-12-11-13-17-21)18-14-9-7-5-3-4-6-8-10-15-19-23/h11-13,16-17,23H,3-10,14-15,18-20H2,1-2H3/q+1. The van der Waals surface area contributed by atoms with Gasteiger partial charge in [0, 0.05) is 12.2 Å². The molecule has 0 atom stereocenters. The van der Waals surface area contributed by atoms with Crippen molar-refractivity contribution in [2.75, 3.05) is 27.2 Å². The molecule has 0 saturated carbocycles. The fraction of sp³-hybridized carbons (Fsp3) is 0.714. The molecular formula is C21H38NO+. The summed E-state index contributed by atoms with van der Waals surface area (Å²) in [5.41, 5.74) is 1.44. The van der Waals surface area contributed by atoms with Crippen LogP contribution in [-0.2, 0) is 6.54 Å². The predicted octanol–water partition coefficient (Wildman–Crippen LogP) is 5.16. The Morgan fingerprint density at radius 1 is 0.696 bits per heavy atom. The van der Waals surface area contributed by atoms with Crippen LogP contribution in [-0.4, -0.2) is 36.8 Å². The molecular weight excluding hydrogens is 282 g/mol. The van der Waals surface area contributed by atoms with E-state index >= 15 is 0 Å². The lowest BCUT2D eigenvalue weighted by Crippen LogP contribution is -2.39. The molecule has 0 aliphatic carbocycles. The maximum Gasteiger partial charge on any atom is 0.104 e. The number of unbranched alkanes of at least 4 members (excludes halogenated alkanes) is 9. The summed E-state index contributed by atoms with van der Waals surface area (Å²) in [4.78, 5) is 0. The molecule has 0 aliphatic rings. The fourth-order valence-corrected chi connectivity index (χ4v) is 3.22. The van der Waals surface area contributed by atoms with Gasteiger partial charge in [0.05, 0.1) is 20.6 Å². The molecule has 2 heteroatoms. The first-order valence-corrected chi connectivity index (χ1v) is 9.61. The third kappa shape index (κ3) is 11.3. The molecule has 0 aliphatic heterocycles. The monoisotopic (exact) mass is 320 g/mol. The van der Waals surface area contributed by atoms with Crippen LogP contribution in [0.25, 0.3) is 0 Å². The number of rotatable bonds is 14. The van der Waals surface area contributed by atoms with Gasteiger partial charge in [0.1, 0.15) is 6.54 Å². The lowest BCUT2D eigenvalue weighted by molar-refractivity contribution is -0.903. The zero-order valence-corrected chi connectivity index (χ0v) is 15.5. The maximum atomic E-state index is 8.73. The number of quaternary nitrogens is 1. The summed E-state index contributed by atoms with van der Waals surface area (Å²) in [5.74, 6) is 0. The number of nitrogens with zero attached hydrogens (tertiary/aromatic N) is 1. The van der Waals surface area contributed by atoms with Crippen LogP contribution in [0.2, 0.25) is 0 Å². The van der Waals surface area contributed by atoms with Crippen LogP contribution in [0.5, 0.6) is 0 Å². The van der Waals surface area contributed by atoms with Gasteiger partial charge in [-0.15, -0.1) is 0 Å². The van der Waals surface area contributed by atoms with E-state index in [1.165, 1.54) is 69.9 Å². The summed E-state index contributed by atoms with van der Waals surface area (Å²) in [5, 5.41) is 8.73. The van der Waals surface area contributed by atoms with Crippen LogP contribution in [0.15, 0.2) is 30.3 Å². The van der Waals surface area contributed by atoms with E-state index in [0.29, 0.717) is 6.61 Å². The van der Waals surface area contributed by atoms with E-state index in [0.717, 1.165) is 17.4 Å². The van der Waals surface area contributed by atoms with E-state index in [-0.39, 0.29) is 0 Å². The first-order valence-electron chi connectivity index (χ1n) is 9.61. The van der Waals surface area contributed by atoms with Crippen LogP contribution >= 0.6 is 0 Å². The van der Waals surface area contributed by atoms with Gasteiger partial charge in [0.25, 0.3) is 0 Å². The van der Waals surface area contributed by atoms with Gasteiger partial charge in [-0.2, -0.15) is 0 Å². The van der Waals surface area contributed by atoms with Gasteiger partial charge in [-0.05, 0) is 19.3 Å². The fourth-order valence-electron chi connectivity index (χ4n) is 3.22. The minimum atomic E-state index is 0.360. The second-order valence-electron chi connectivity index (χ2n) is 7.56. The van der Waals surface area contributed by atoms with E-state index in [2.05, 4.69) is 44.4 Å². The first-order chi connectivity index (χ1) is 11.1. The Bertz CT molecular complexity index is 375. The SMILES string of the molecule is C[N+](C)(CCCCCCCCCCCCO)Cc1ccccc1. The zero-order chi connectivity index (χ0) is 16.8. The van der Waals surface area contributed by atoms with Gasteiger partial charge in [-0.1, -0.05) is 75.3 Å². The van der Waals surface area contributed by atoms with Gasteiger partial charge < -0.3 is 9.59 Å². The minimum Gasteiger partial charge on any atom is -0.396 e. The lowest BCUT2D eigenvalue weighted by Gasteiger charge is -2.30. The minimum absolute atomic E-state index is 0.360. The van der Waals surface area contributed by atoms with Crippen molar-refractivity contribution >= 4 is 0 Å². The van der Waals surface area contributed by atoms with Crippen molar-refractivity contribution in [3.63, 3.8) is 0 Å². The van der Waals surface area contributed by atoms with Crippen molar-refractivity contribution in [2.24, 2.45) is 0 Å². The normalized spacial score (nSPS) is 11.8. The van der Waals surface area contributed by atoms with E-state index in [1.807, 2.05) is 0 Å². The van der Waals surface area contributed by atoms with Crippen molar-refractivity contribution in [1.29, 1.82) is 0 Å². The van der Waals surface area contributed by atoms with Crippen LogP contribution in [0, 0.1) is 0 Å². The molecule has 1 aromatic carbocycles. The van der Waals surface area contributed by atoms with E-state index in [9.17, 15) is 0 Å². The molecule has 1 rings (SSSR count). The summed E-state index contributed by atoms with van der Waals surface area (Å²) in [6, 6.07) is 10.8. The molecule has 0 unspecified atom stereocenters. The molecule has 0 heterocycles. The molecule has 0 spiro atoms. The summed E-state index contributed by atoms with van der Waals surface area (Å²) >= 11 is 0. The van der Waals surface area contributed by atoms with Crippen molar-refractivity contribution in [3.05, 3.63) is 35.9 Å². The highest BCUT2D eigenvalue weighted by molar-refractivity contribution is 5.13. The largest absolute Gasteiger partial charge is 0.396 e. The topological polar surface area (TPSA) is 20.2 Å². The summed E-state index contributed by atoms with van der Waals surface area (Å²) in [7, 11) is 4.69. The summed E-state index contributed by atoms with van der Waals surface area (Å²) < 4.78 is 1.09. The Balaban J connectivity index is 1.95. The molecule has 23 heavy (non-hydrogen) atoms. The van der Waals surface area contributed by atoms with Crippen LogP contribution in [0.3, 0.4) is 0 Å². The zero-order valence-electron chi connectivity index (χ0n) is 15.5. The van der Waals surface area contributed by atoms with E-state index < -0.39 is 0 Å². The molecule has 1 N–H and O–H groups in total. The van der Waals surface area contributed by atoms with Crippen molar-refractivity contribution < 1.29 is 9.59 Å². The molecule has 0 amide bonds. The van der Waals surface area contributed by atoms with Crippen LogP contribution < -0.4 is 0 Å². The van der Waals surface area contributed by atoms with Crippen molar-refractivity contribution in [2.45, 2.75) is 70.8 Å². The molecule has 2 nitrogen and oxygen atoms in total. The third-order valence-corrected chi connectivity index (χ3v) is 4.62. The highest BCUT2D eigenvalue weighted by Crippen LogP contribution is 2.13. The average Bonchev–Trinajstić information content (AvgIpc) is 2.53. The van der Waals surface area contributed by atoms with E-state index in [4.69, 9.17) is 5.11 Å². The predicted molar refractivity (Wildman–Crippen MR) is 100 cm³/mol. The molecule has 0 bridgehead atoms. The van der Waals surface area contributed by atoms with Crippen molar-refractivity contribution in [3.8, 4) is 0 Å². The Kier molecular flexibility index (Phi) is 11.0. The summed E-state index contributed by atoms with van der Waals surface area (Å²) in [6.45, 7) is 2.77. The molecule has 132 valence electrons. The van der Waals surface area contributed by atoms with Gasteiger partial charge in [0.15, 0.2) is 0 Å². The number of hydrogen-bond donors (Lipinski definition) is 1. The van der Waals surface area contributed by atoms with Gasteiger partial charge in [-0.25, -0.2) is 0 Å². The third-order valence-electron chi connectivity index (χ3n) is 4.62.